The van der Waals surface area contributed by atoms with E-state index >= 15 is 0 Å². The van der Waals surface area contributed by atoms with Gasteiger partial charge in [0, 0.05) is 11.3 Å². The van der Waals surface area contributed by atoms with Gasteiger partial charge in [-0.05, 0) is 42.0 Å². The molecule has 37 heavy (non-hydrogen) atoms. The number of hydrogen-bond acceptors (Lipinski definition) is 6. The van der Waals surface area contributed by atoms with Gasteiger partial charge in [-0.1, -0.05) is 90.6 Å². The van der Waals surface area contributed by atoms with E-state index in [0.29, 0.717) is 22.3 Å². The molecule has 0 aliphatic carbocycles. The summed E-state index contributed by atoms with van der Waals surface area (Å²) in [4.78, 5) is 13.7. The summed E-state index contributed by atoms with van der Waals surface area (Å²) in [6.07, 6.45) is 0. The first-order valence-corrected chi connectivity index (χ1v) is 12.7. The minimum absolute atomic E-state index is 0.00967. The fourth-order valence-electron chi connectivity index (χ4n) is 3.89. The first-order chi connectivity index (χ1) is 18.2. The molecule has 1 heterocycles. The number of thioether (sulfide) groups is 1. The number of hydrogen-bond donors (Lipinski definition) is 0. The Morgan fingerprint density at radius 1 is 0.784 bits per heavy atom. The number of carbonyl (C=O) groups excluding carboxylic acids is 1. The maximum Gasteiger partial charge on any atom is 0.196 e. The number of ether oxygens (including phenoxy) is 2. The molecule has 0 fully saturated rings. The van der Waals surface area contributed by atoms with Gasteiger partial charge in [-0.15, -0.1) is 10.2 Å². The molecular weight excluding hydrogens is 482 g/mol. The van der Waals surface area contributed by atoms with Crippen LogP contribution in [0.3, 0.4) is 0 Å². The molecule has 0 N–H and O–H groups in total. The minimum atomic E-state index is -0.495. The summed E-state index contributed by atoms with van der Waals surface area (Å²) >= 11 is 1.38. The number of methoxy groups -OCH3 is 1. The third-order valence-electron chi connectivity index (χ3n) is 5.76. The lowest BCUT2D eigenvalue weighted by Crippen LogP contribution is -2.12. The molecule has 184 valence electrons. The zero-order valence-electron chi connectivity index (χ0n) is 20.2. The van der Waals surface area contributed by atoms with E-state index in [1.807, 2.05) is 120 Å². The van der Waals surface area contributed by atoms with Crippen LogP contribution in [0.2, 0.25) is 0 Å². The number of para-hydroxylation sites is 1. The highest BCUT2D eigenvalue weighted by molar-refractivity contribution is 8.00. The van der Waals surface area contributed by atoms with Gasteiger partial charge in [-0.2, -0.15) is 0 Å². The van der Waals surface area contributed by atoms with Gasteiger partial charge in [-0.25, -0.2) is 0 Å². The topological polar surface area (TPSA) is 66.2 Å². The molecule has 0 bridgehead atoms. The molecule has 0 amide bonds. The molecule has 0 saturated carbocycles. The van der Waals surface area contributed by atoms with Crippen molar-refractivity contribution >= 4 is 17.5 Å². The molecule has 5 aromatic rings. The molecule has 0 unspecified atom stereocenters. The third-order valence-corrected chi connectivity index (χ3v) is 6.96. The van der Waals surface area contributed by atoms with Gasteiger partial charge in [0.25, 0.3) is 0 Å². The second-order valence-electron chi connectivity index (χ2n) is 8.17. The Hall–Kier alpha value is -4.36. The molecule has 0 saturated heterocycles. The van der Waals surface area contributed by atoms with E-state index in [1.165, 1.54) is 11.8 Å². The number of benzene rings is 4. The standard InChI is InChI=1S/C30H25N3O3S/c1-35-25-17-19-26(20-18-25)36-21-27-31-32-30(33(27)24-15-9-4-10-16-24)37-29(23-13-7-3-8-14-23)28(34)22-11-5-2-6-12-22/h2-20,29H,21H2,1H3/t29-/m1/s1. The summed E-state index contributed by atoms with van der Waals surface area (Å²) in [5, 5.41) is 9.06. The van der Waals surface area contributed by atoms with Crippen LogP contribution in [0.1, 0.15) is 27.0 Å². The number of Topliss-reactive ketones (excluding diaryl/α,β-unsaturated/α-hetero) is 1. The lowest BCUT2D eigenvalue weighted by molar-refractivity contribution is 0.0989. The predicted octanol–water partition coefficient (Wildman–Crippen LogP) is 6.57. The molecule has 4 aromatic carbocycles. The second kappa shape index (κ2) is 11.6. The van der Waals surface area contributed by atoms with E-state index in [1.54, 1.807) is 7.11 Å². The third kappa shape index (κ3) is 5.73. The van der Waals surface area contributed by atoms with Gasteiger partial charge in [0.1, 0.15) is 23.4 Å². The fourth-order valence-corrected chi connectivity index (χ4v) is 5.04. The second-order valence-corrected chi connectivity index (χ2v) is 9.25. The molecule has 7 heteroatoms. The van der Waals surface area contributed by atoms with Crippen LogP contribution >= 0.6 is 11.8 Å². The average Bonchev–Trinajstić information content (AvgIpc) is 3.38. The smallest absolute Gasteiger partial charge is 0.196 e. The summed E-state index contributed by atoms with van der Waals surface area (Å²) in [6.45, 7) is 0.206. The van der Waals surface area contributed by atoms with Crippen molar-refractivity contribution in [2.24, 2.45) is 0 Å². The highest BCUT2D eigenvalue weighted by Crippen LogP contribution is 2.38. The number of rotatable bonds is 10. The zero-order valence-corrected chi connectivity index (χ0v) is 21.0. The first kappa shape index (κ1) is 24.3. The van der Waals surface area contributed by atoms with Crippen molar-refractivity contribution in [2.75, 3.05) is 7.11 Å². The van der Waals surface area contributed by atoms with Crippen LogP contribution < -0.4 is 9.47 Å². The van der Waals surface area contributed by atoms with Crippen LogP contribution in [0.15, 0.2) is 120 Å². The van der Waals surface area contributed by atoms with Crippen molar-refractivity contribution in [3.63, 3.8) is 0 Å². The Morgan fingerprint density at radius 3 is 2.03 bits per heavy atom. The number of aromatic nitrogens is 3. The minimum Gasteiger partial charge on any atom is -0.497 e. The molecular formula is C30H25N3O3S. The van der Waals surface area contributed by atoms with Gasteiger partial charge < -0.3 is 9.47 Å². The highest BCUT2D eigenvalue weighted by Gasteiger charge is 2.27. The number of nitrogens with zero attached hydrogens (tertiary/aromatic N) is 3. The van der Waals surface area contributed by atoms with Crippen molar-refractivity contribution in [2.45, 2.75) is 17.0 Å². The number of ketones is 1. The molecule has 0 spiro atoms. The molecule has 5 rings (SSSR count). The van der Waals surface area contributed by atoms with Gasteiger partial charge in [0.15, 0.2) is 16.8 Å². The van der Waals surface area contributed by atoms with Crippen LogP contribution in [0.25, 0.3) is 5.69 Å². The van der Waals surface area contributed by atoms with Crippen molar-refractivity contribution in [1.29, 1.82) is 0 Å². The highest BCUT2D eigenvalue weighted by atomic mass is 32.2. The summed E-state index contributed by atoms with van der Waals surface area (Å²) in [5.74, 6) is 2.09. The molecule has 0 radical (unpaired) electrons. The van der Waals surface area contributed by atoms with Gasteiger partial charge >= 0.3 is 0 Å². The van der Waals surface area contributed by atoms with Crippen molar-refractivity contribution in [3.05, 3.63) is 132 Å². The maximum atomic E-state index is 13.7. The first-order valence-electron chi connectivity index (χ1n) is 11.8. The van der Waals surface area contributed by atoms with Crippen molar-refractivity contribution in [3.8, 4) is 17.2 Å². The van der Waals surface area contributed by atoms with E-state index < -0.39 is 5.25 Å². The largest absolute Gasteiger partial charge is 0.497 e. The van der Waals surface area contributed by atoms with E-state index in [4.69, 9.17) is 9.47 Å². The van der Waals surface area contributed by atoms with E-state index in [2.05, 4.69) is 10.2 Å². The Kier molecular flexibility index (Phi) is 7.62. The number of carbonyl (C=O) groups is 1. The molecule has 6 nitrogen and oxygen atoms in total. The van der Waals surface area contributed by atoms with E-state index in [0.717, 1.165) is 17.0 Å². The maximum absolute atomic E-state index is 13.7. The van der Waals surface area contributed by atoms with Gasteiger partial charge in [0.05, 0.1) is 7.11 Å². The summed E-state index contributed by atoms with van der Waals surface area (Å²) in [6, 6.07) is 36.3. The Morgan fingerprint density at radius 2 is 1.38 bits per heavy atom. The lowest BCUT2D eigenvalue weighted by atomic mass is 10.0. The molecule has 1 aromatic heterocycles. The fraction of sp³-hybridized carbons (Fsp3) is 0.100. The lowest BCUT2D eigenvalue weighted by Gasteiger charge is -2.17. The van der Waals surface area contributed by atoms with Crippen LogP contribution in [-0.4, -0.2) is 27.7 Å². The Bertz CT molecular complexity index is 1440. The Labute approximate surface area is 219 Å². The van der Waals surface area contributed by atoms with Gasteiger partial charge in [0.2, 0.25) is 0 Å². The molecule has 0 aliphatic rings. The SMILES string of the molecule is COc1ccc(OCc2nnc(S[C@@H](C(=O)c3ccccc3)c3ccccc3)n2-c2ccccc2)cc1. The van der Waals surface area contributed by atoms with Gasteiger partial charge in [-0.3, -0.25) is 9.36 Å². The average molecular weight is 508 g/mol. The summed E-state index contributed by atoms with van der Waals surface area (Å²) in [7, 11) is 1.63. The van der Waals surface area contributed by atoms with Crippen LogP contribution in [0, 0.1) is 0 Å². The monoisotopic (exact) mass is 507 g/mol. The quantitative estimate of drug-likeness (QED) is 0.157. The molecule has 1 atom stereocenters. The van der Waals surface area contributed by atoms with Crippen LogP contribution in [0.4, 0.5) is 0 Å². The Balaban J connectivity index is 1.49. The normalized spacial score (nSPS) is 11.6. The predicted molar refractivity (Wildman–Crippen MR) is 144 cm³/mol. The summed E-state index contributed by atoms with van der Waals surface area (Å²) < 4.78 is 13.2. The van der Waals surface area contributed by atoms with E-state index in [-0.39, 0.29) is 12.4 Å². The van der Waals surface area contributed by atoms with E-state index in [9.17, 15) is 4.79 Å². The van der Waals surface area contributed by atoms with Crippen molar-refractivity contribution < 1.29 is 14.3 Å². The van der Waals surface area contributed by atoms with Crippen LogP contribution in [0.5, 0.6) is 11.5 Å². The van der Waals surface area contributed by atoms with Crippen LogP contribution in [-0.2, 0) is 6.61 Å². The zero-order chi connectivity index (χ0) is 25.5. The van der Waals surface area contributed by atoms with Crippen molar-refractivity contribution in [1.82, 2.24) is 14.8 Å². The molecule has 0 aliphatic heterocycles. The summed E-state index contributed by atoms with van der Waals surface area (Å²) in [5.41, 5.74) is 2.44.